The molecule has 3 aliphatic rings. The molecular weight excluding hydrogens is 318 g/mol. The lowest BCUT2D eigenvalue weighted by atomic mass is 9.71. The number of hydrogen-bond donors (Lipinski definition) is 1. The quantitative estimate of drug-likeness (QED) is 0.787. The van der Waals surface area contributed by atoms with E-state index in [2.05, 4.69) is 60.8 Å². The molecule has 0 bridgehead atoms. The molecule has 0 spiro atoms. The first-order valence-electron chi connectivity index (χ1n) is 9.63. The smallest absolute Gasteiger partial charge is 0.161 e. The van der Waals surface area contributed by atoms with Gasteiger partial charge in [-0.3, -0.25) is 4.79 Å². The number of aryl methyl sites for hydroxylation is 2. The number of carbonyl (C=O) groups is 1. The van der Waals surface area contributed by atoms with Crippen molar-refractivity contribution >= 4 is 11.5 Å². The van der Waals surface area contributed by atoms with Crippen LogP contribution in [0.4, 0.5) is 0 Å². The van der Waals surface area contributed by atoms with Gasteiger partial charge in [0.25, 0.3) is 0 Å². The number of rotatable bonds is 1. The molecule has 2 aliphatic carbocycles. The SMILES string of the molecule is Cc1ccc(C2C3=C(NC4=C2C(=O)CCC4)c2ccccc2CC3)cc1. The maximum absolute atomic E-state index is 12.9. The normalized spacial score (nSPS) is 21.7. The zero-order chi connectivity index (χ0) is 17.7. The van der Waals surface area contributed by atoms with E-state index >= 15 is 0 Å². The number of nitrogens with one attached hydrogen (secondary N) is 1. The first-order valence-corrected chi connectivity index (χ1v) is 9.63. The molecule has 0 aromatic heterocycles. The molecule has 1 heterocycles. The van der Waals surface area contributed by atoms with Crippen LogP contribution in [0.15, 0.2) is 65.4 Å². The first kappa shape index (κ1) is 15.6. The van der Waals surface area contributed by atoms with Gasteiger partial charge >= 0.3 is 0 Å². The summed E-state index contributed by atoms with van der Waals surface area (Å²) in [5.41, 5.74) is 10.1. The topological polar surface area (TPSA) is 29.1 Å². The van der Waals surface area contributed by atoms with Crippen LogP contribution in [0, 0.1) is 6.92 Å². The van der Waals surface area contributed by atoms with Crippen LogP contribution in [-0.2, 0) is 11.2 Å². The molecule has 1 atom stereocenters. The zero-order valence-corrected chi connectivity index (χ0v) is 15.1. The highest BCUT2D eigenvalue weighted by atomic mass is 16.1. The Hall–Kier alpha value is -2.61. The summed E-state index contributed by atoms with van der Waals surface area (Å²) in [5, 5.41) is 3.69. The van der Waals surface area contributed by atoms with E-state index in [0.29, 0.717) is 12.2 Å². The van der Waals surface area contributed by atoms with E-state index in [-0.39, 0.29) is 5.92 Å². The van der Waals surface area contributed by atoms with Crippen molar-refractivity contribution in [2.24, 2.45) is 0 Å². The Bertz CT molecular complexity index is 962. The number of benzene rings is 2. The third-order valence-electron chi connectivity index (χ3n) is 6.05. The van der Waals surface area contributed by atoms with E-state index in [1.165, 1.54) is 33.5 Å². The van der Waals surface area contributed by atoms with Crippen molar-refractivity contribution in [2.75, 3.05) is 0 Å². The molecule has 0 radical (unpaired) electrons. The third-order valence-corrected chi connectivity index (χ3v) is 6.05. The minimum Gasteiger partial charge on any atom is -0.358 e. The molecule has 1 aliphatic heterocycles. The van der Waals surface area contributed by atoms with Gasteiger partial charge in [0.1, 0.15) is 0 Å². The van der Waals surface area contributed by atoms with Gasteiger partial charge in [0.15, 0.2) is 5.78 Å². The van der Waals surface area contributed by atoms with Crippen LogP contribution in [0.25, 0.3) is 5.70 Å². The van der Waals surface area contributed by atoms with Crippen LogP contribution in [0.1, 0.15) is 53.9 Å². The van der Waals surface area contributed by atoms with Gasteiger partial charge in [0, 0.05) is 34.9 Å². The highest BCUT2D eigenvalue weighted by molar-refractivity contribution is 6.01. The summed E-state index contributed by atoms with van der Waals surface area (Å²) >= 11 is 0. The summed E-state index contributed by atoms with van der Waals surface area (Å²) in [6.45, 7) is 2.12. The van der Waals surface area contributed by atoms with Crippen LogP contribution in [0.3, 0.4) is 0 Å². The van der Waals surface area contributed by atoms with Gasteiger partial charge in [-0.2, -0.15) is 0 Å². The van der Waals surface area contributed by atoms with Crippen molar-refractivity contribution < 1.29 is 4.79 Å². The predicted molar refractivity (Wildman–Crippen MR) is 105 cm³/mol. The lowest BCUT2D eigenvalue weighted by Gasteiger charge is -2.38. The second-order valence-electron chi connectivity index (χ2n) is 7.70. The van der Waals surface area contributed by atoms with Crippen LogP contribution >= 0.6 is 0 Å². The average Bonchev–Trinajstić information content (AvgIpc) is 2.67. The number of dihydropyridines is 1. The van der Waals surface area contributed by atoms with Crippen molar-refractivity contribution in [3.05, 3.63) is 87.6 Å². The monoisotopic (exact) mass is 341 g/mol. The largest absolute Gasteiger partial charge is 0.358 e. The Labute approximate surface area is 154 Å². The van der Waals surface area contributed by atoms with E-state index < -0.39 is 0 Å². The Balaban J connectivity index is 1.72. The van der Waals surface area contributed by atoms with E-state index in [4.69, 9.17) is 0 Å². The van der Waals surface area contributed by atoms with E-state index in [9.17, 15) is 4.79 Å². The summed E-state index contributed by atoms with van der Waals surface area (Å²) in [5.74, 6) is 0.442. The number of Topliss-reactive ketones (excluding diaryl/α,β-unsaturated/α-hetero) is 1. The second kappa shape index (κ2) is 5.98. The van der Waals surface area contributed by atoms with Crippen LogP contribution < -0.4 is 5.32 Å². The number of hydrogen-bond acceptors (Lipinski definition) is 2. The molecule has 2 aromatic carbocycles. The van der Waals surface area contributed by atoms with Crippen molar-refractivity contribution in [1.29, 1.82) is 0 Å². The molecule has 0 saturated carbocycles. The fourth-order valence-corrected chi connectivity index (χ4v) is 4.77. The summed E-state index contributed by atoms with van der Waals surface area (Å²) in [6, 6.07) is 17.5. The van der Waals surface area contributed by atoms with Gasteiger partial charge in [0.2, 0.25) is 0 Å². The second-order valence-corrected chi connectivity index (χ2v) is 7.70. The molecule has 2 heteroatoms. The van der Waals surface area contributed by atoms with Gasteiger partial charge < -0.3 is 5.32 Å². The Morgan fingerprint density at radius 1 is 0.923 bits per heavy atom. The van der Waals surface area contributed by atoms with Crippen LogP contribution in [0.5, 0.6) is 0 Å². The molecular formula is C24H23NO. The number of allylic oxidation sites excluding steroid dienone is 3. The molecule has 0 fully saturated rings. The maximum atomic E-state index is 12.9. The molecule has 2 nitrogen and oxygen atoms in total. The fraction of sp³-hybridized carbons (Fsp3) is 0.292. The van der Waals surface area contributed by atoms with Gasteiger partial charge in [-0.25, -0.2) is 0 Å². The van der Waals surface area contributed by atoms with Gasteiger partial charge in [0.05, 0.1) is 0 Å². The number of carbonyl (C=O) groups excluding carboxylic acids is 1. The third kappa shape index (κ3) is 2.36. The summed E-state index contributed by atoms with van der Waals surface area (Å²) < 4.78 is 0. The predicted octanol–water partition coefficient (Wildman–Crippen LogP) is 5.05. The molecule has 0 amide bonds. The molecule has 5 rings (SSSR count). The van der Waals surface area contributed by atoms with Crippen molar-refractivity contribution in [3.8, 4) is 0 Å². The zero-order valence-electron chi connectivity index (χ0n) is 15.1. The van der Waals surface area contributed by atoms with Gasteiger partial charge in [-0.05, 0) is 49.3 Å². The number of fused-ring (bicyclic) bond motifs is 2. The van der Waals surface area contributed by atoms with Crippen LogP contribution in [-0.4, -0.2) is 5.78 Å². The lowest BCUT2D eigenvalue weighted by Crippen LogP contribution is -2.33. The Morgan fingerprint density at radius 3 is 2.58 bits per heavy atom. The van der Waals surface area contributed by atoms with Crippen molar-refractivity contribution in [1.82, 2.24) is 5.32 Å². The van der Waals surface area contributed by atoms with E-state index in [1.807, 2.05) is 0 Å². The average molecular weight is 341 g/mol. The molecule has 0 saturated heterocycles. The van der Waals surface area contributed by atoms with Gasteiger partial charge in [-0.15, -0.1) is 0 Å². The van der Waals surface area contributed by atoms with Crippen molar-refractivity contribution in [3.63, 3.8) is 0 Å². The van der Waals surface area contributed by atoms with Crippen molar-refractivity contribution in [2.45, 2.75) is 44.9 Å². The highest BCUT2D eigenvalue weighted by Crippen LogP contribution is 2.47. The lowest BCUT2D eigenvalue weighted by molar-refractivity contribution is -0.116. The van der Waals surface area contributed by atoms with Gasteiger partial charge in [-0.1, -0.05) is 54.1 Å². The summed E-state index contributed by atoms with van der Waals surface area (Å²) in [4.78, 5) is 12.9. The minimum absolute atomic E-state index is 0.114. The first-order chi connectivity index (χ1) is 12.7. The molecule has 2 aromatic rings. The molecule has 1 N–H and O–H groups in total. The Kier molecular flexibility index (Phi) is 3.59. The van der Waals surface area contributed by atoms with E-state index in [1.54, 1.807) is 0 Å². The molecule has 130 valence electrons. The summed E-state index contributed by atoms with van der Waals surface area (Å²) in [6.07, 6.45) is 4.68. The number of ketones is 1. The van der Waals surface area contributed by atoms with E-state index in [0.717, 1.165) is 37.0 Å². The standard InChI is InChI=1S/C24H23NO/c1-15-9-11-17(12-10-15)22-19-14-13-16-5-2-3-6-18(16)24(19)25-20-7-4-8-21(26)23(20)22/h2-3,5-6,9-12,22,25H,4,7-8,13-14H2,1H3. The maximum Gasteiger partial charge on any atom is 0.161 e. The summed E-state index contributed by atoms with van der Waals surface area (Å²) in [7, 11) is 0. The highest BCUT2D eigenvalue weighted by Gasteiger charge is 2.38. The molecule has 1 unspecified atom stereocenters. The Morgan fingerprint density at radius 2 is 1.73 bits per heavy atom. The minimum atomic E-state index is 0.114. The molecule has 26 heavy (non-hydrogen) atoms. The van der Waals surface area contributed by atoms with Crippen LogP contribution in [0.2, 0.25) is 0 Å². The fourth-order valence-electron chi connectivity index (χ4n) is 4.77.